The number of allylic oxidation sites excluding steroid dienone is 1. The lowest BCUT2D eigenvalue weighted by Crippen LogP contribution is -2.43. The van der Waals surface area contributed by atoms with Crippen LogP contribution < -0.4 is 5.32 Å². The molecule has 20 heavy (non-hydrogen) atoms. The van der Waals surface area contributed by atoms with Crippen LogP contribution in [0.3, 0.4) is 0 Å². The lowest BCUT2D eigenvalue weighted by Gasteiger charge is -2.41. The summed E-state index contributed by atoms with van der Waals surface area (Å²) >= 11 is 0. The van der Waals surface area contributed by atoms with Crippen molar-refractivity contribution in [3.63, 3.8) is 0 Å². The molecule has 0 bridgehead atoms. The third kappa shape index (κ3) is 2.58. The summed E-state index contributed by atoms with van der Waals surface area (Å²) in [5, 5.41) is 3.61. The van der Waals surface area contributed by atoms with Crippen LogP contribution in [-0.4, -0.2) is 30.9 Å². The van der Waals surface area contributed by atoms with Crippen molar-refractivity contribution in [2.24, 2.45) is 11.8 Å². The zero-order chi connectivity index (χ0) is 14.1. The van der Waals surface area contributed by atoms with Gasteiger partial charge in [0, 0.05) is 31.7 Å². The van der Waals surface area contributed by atoms with E-state index in [1.54, 1.807) is 19.0 Å². The Morgan fingerprint density at radius 2 is 2.05 bits per heavy atom. The molecule has 0 heterocycles. The van der Waals surface area contributed by atoms with Gasteiger partial charge in [0.1, 0.15) is 0 Å². The number of benzene rings is 1. The monoisotopic (exact) mass is 270 g/mol. The highest BCUT2D eigenvalue weighted by atomic mass is 16.2. The number of carbonyl (C=O) groups is 1. The molecule has 0 aromatic heterocycles. The maximum Gasteiger partial charge on any atom is 0.226 e. The Hall–Kier alpha value is -1.77. The quantitative estimate of drug-likeness (QED) is 0.853. The molecule has 1 amide bonds. The predicted octanol–water partition coefficient (Wildman–Crippen LogP) is 2.69. The van der Waals surface area contributed by atoms with E-state index in [0.29, 0.717) is 12.5 Å². The number of hydrogen-bond acceptors (Lipinski definition) is 2. The summed E-state index contributed by atoms with van der Waals surface area (Å²) in [6.45, 7) is 0. The van der Waals surface area contributed by atoms with E-state index in [1.165, 1.54) is 12.8 Å². The van der Waals surface area contributed by atoms with Crippen molar-refractivity contribution >= 4 is 11.6 Å². The molecule has 1 N–H and O–H groups in total. The smallest absolute Gasteiger partial charge is 0.226 e. The van der Waals surface area contributed by atoms with E-state index in [2.05, 4.69) is 29.6 Å². The first kappa shape index (κ1) is 13.2. The minimum absolute atomic E-state index is 0.142. The summed E-state index contributed by atoms with van der Waals surface area (Å²) in [5.74, 6) is 1.75. The van der Waals surface area contributed by atoms with E-state index in [1.807, 2.05) is 12.1 Å². The largest absolute Gasteiger partial charge is 0.382 e. The van der Waals surface area contributed by atoms with Gasteiger partial charge in [0.05, 0.1) is 6.42 Å². The van der Waals surface area contributed by atoms with Gasteiger partial charge in [-0.1, -0.05) is 24.3 Å². The number of hydrogen-bond donors (Lipinski definition) is 1. The van der Waals surface area contributed by atoms with Crippen LogP contribution in [0.5, 0.6) is 0 Å². The van der Waals surface area contributed by atoms with Crippen LogP contribution in [0.4, 0.5) is 5.69 Å². The van der Waals surface area contributed by atoms with Gasteiger partial charge in [0.25, 0.3) is 0 Å². The van der Waals surface area contributed by atoms with Crippen LogP contribution in [0.2, 0.25) is 0 Å². The summed E-state index contributed by atoms with van der Waals surface area (Å²) in [4.78, 5) is 13.3. The Morgan fingerprint density at radius 1 is 1.30 bits per heavy atom. The fourth-order valence-corrected chi connectivity index (χ4v) is 3.15. The van der Waals surface area contributed by atoms with Gasteiger partial charge in [-0.05, 0) is 36.5 Å². The summed E-state index contributed by atoms with van der Waals surface area (Å²) in [6.07, 6.45) is 7.68. The molecule has 0 saturated heterocycles. The van der Waals surface area contributed by atoms with Crippen molar-refractivity contribution < 1.29 is 4.79 Å². The van der Waals surface area contributed by atoms with Crippen LogP contribution in [0.25, 0.3) is 0 Å². The van der Waals surface area contributed by atoms with E-state index in [4.69, 9.17) is 0 Å². The molecule has 1 aromatic carbocycles. The molecule has 3 nitrogen and oxygen atoms in total. The molecule has 1 saturated carbocycles. The number of carbonyl (C=O) groups excluding carboxylic acids is 1. The second kappa shape index (κ2) is 5.31. The van der Waals surface area contributed by atoms with Gasteiger partial charge >= 0.3 is 0 Å². The van der Waals surface area contributed by atoms with E-state index >= 15 is 0 Å². The third-order valence-corrected chi connectivity index (χ3v) is 4.52. The molecule has 3 unspecified atom stereocenters. The molecule has 106 valence electrons. The van der Waals surface area contributed by atoms with Crippen LogP contribution in [0.15, 0.2) is 36.4 Å². The number of nitrogens with one attached hydrogen (secondary N) is 1. The van der Waals surface area contributed by atoms with Gasteiger partial charge < -0.3 is 10.2 Å². The molecular formula is C17H22N2O. The van der Waals surface area contributed by atoms with E-state index in [-0.39, 0.29) is 5.91 Å². The first-order valence-corrected chi connectivity index (χ1v) is 7.36. The second-order valence-electron chi connectivity index (χ2n) is 6.15. The van der Waals surface area contributed by atoms with Crippen molar-refractivity contribution in [3.8, 4) is 0 Å². The van der Waals surface area contributed by atoms with Crippen LogP contribution in [0.1, 0.15) is 18.4 Å². The Balaban J connectivity index is 1.56. The van der Waals surface area contributed by atoms with Crippen molar-refractivity contribution in [2.45, 2.75) is 25.3 Å². The molecule has 2 aliphatic rings. The maximum atomic E-state index is 11.7. The molecule has 1 fully saturated rings. The minimum Gasteiger partial charge on any atom is -0.382 e. The Bertz CT molecular complexity index is 518. The van der Waals surface area contributed by atoms with Crippen molar-refractivity contribution in [1.82, 2.24) is 4.90 Å². The maximum absolute atomic E-state index is 11.7. The fraction of sp³-hybridized carbons (Fsp3) is 0.471. The Kier molecular flexibility index (Phi) is 3.51. The van der Waals surface area contributed by atoms with Gasteiger partial charge in [0.15, 0.2) is 0 Å². The van der Waals surface area contributed by atoms with Crippen LogP contribution in [-0.2, 0) is 11.2 Å². The molecule has 1 aromatic rings. The molecule has 0 aliphatic heterocycles. The SMILES string of the molecule is CN(C)C(=O)Cc1ccc(NC2CC3CC=CC32)cc1. The van der Waals surface area contributed by atoms with E-state index in [0.717, 1.165) is 23.1 Å². The Labute approximate surface area is 120 Å². The van der Waals surface area contributed by atoms with E-state index in [9.17, 15) is 4.79 Å². The summed E-state index contributed by atoms with van der Waals surface area (Å²) in [7, 11) is 3.58. The highest BCUT2D eigenvalue weighted by Crippen LogP contribution is 2.43. The van der Waals surface area contributed by atoms with Crippen molar-refractivity contribution in [3.05, 3.63) is 42.0 Å². The lowest BCUT2D eigenvalue weighted by molar-refractivity contribution is -0.127. The summed E-state index contributed by atoms with van der Waals surface area (Å²) in [5.41, 5.74) is 2.23. The highest BCUT2D eigenvalue weighted by Gasteiger charge is 2.40. The van der Waals surface area contributed by atoms with Crippen LogP contribution >= 0.6 is 0 Å². The molecular weight excluding hydrogens is 248 g/mol. The number of likely N-dealkylation sites (N-methyl/N-ethyl adjacent to an activating group) is 1. The minimum atomic E-state index is 0.142. The number of fused-ring (bicyclic) bond motifs is 1. The molecule has 3 atom stereocenters. The first-order valence-electron chi connectivity index (χ1n) is 7.36. The lowest BCUT2D eigenvalue weighted by atomic mass is 9.71. The zero-order valence-corrected chi connectivity index (χ0v) is 12.2. The average Bonchev–Trinajstić information content (AvgIpc) is 2.79. The summed E-state index contributed by atoms with van der Waals surface area (Å²) < 4.78 is 0. The number of nitrogens with zero attached hydrogens (tertiary/aromatic N) is 1. The number of rotatable bonds is 4. The fourth-order valence-electron chi connectivity index (χ4n) is 3.15. The third-order valence-electron chi connectivity index (χ3n) is 4.52. The zero-order valence-electron chi connectivity index (χ0n) is 12.2. The second-order valence-corrected chi connectivity index (χ2v) is 6.15. The van der Waals surface area contributed by atoms with Crippen LogP contribution in [0, 0.1) is 11.8 Å². The normalized spacial score (nSPS) is 26.8. The van der Waals surface area contributed by atoms with Crippen molar-refractivity contribution in [1.29, 1.82) is 0 Å². The average molecular weight is 270 g/mol. The predicted molar refractivity (Wildman–Crippen MR) is 81.6 cm³/mol. The molecule has 0 radical (unpaired) electrons. The topological polar surface area (TPSA) is 32.3 Å². The molecule has 3 rings (SSSR count). The van der Waals surface area contributed by atoms with E-state index < -0.39 is 0 Å². The number of amides is 1. The Morgan fingerprint density at radius 3 is 2.70 bits per heavy atom. The summed E-state index contributed by atoms with van der Waals surface area (Å²) in [6, 6.07) is 8.86. The molecule has 2 aliphatic carbocycles. The van der Waals surface area contributed by atoms with Gasteiger partial charge in [-0.2, -0.15) is 0 Å². The molecule has 3 heteroatoms. The first-order chi connectivity index (χ1) is 9.63. The standard InChI is InChI=1S/C17H22N2O/c1-19(2)17(20)10-12-6-8-14(9-7-12)18-16-11-13-4-3-5-15(13)16/h3,5-9,13,15-16,18H,4,10-11H2,1-2H3. The van der Waals surface area contributed by atoms with Gasteiger partial charge in [0.2, 0.25) is 5.91 Å². The highest BCUT2D eigenvalue weighted by molar-refractivity contribution is 5.78. The van der Waals surface area contributed by atoms with Gasteiger partial charge in [-0.3, -0.25) is 4.79 Å². The molecule has 0 spiro atoms. The number of anilines is 1. The van der Waals surface area contributed by atoms with Gasteiger partial charge in [-0.25, -0.2) is 0 Å². The van der Waals surface area contributed by atoms with Crippen molar-refractivity contribution in [2.75, 3.05) is 19.4 Å². The van der Waals surface area contributed by atoms with Gasteiger partial charge in [-0.15, -0.1) is 0 Å².